The van der Waals surface area contributed by atoms with Crippen molar-refractivity contribution < 1.29 is 14.3 Å². The molecule has 1 amide bonds. The number of amides is 1. The maximum absolute atomic E-state index is 13.2. The Hall–Kier alpha value is -2.81. The molecule has 0 spiro atoms. The molecule has 106 valence electrons. The SMILES string of the molecule is O=C(Nc1cc(F)ccc1O)c1sccc1-n1cnnn1. The average Bonchev–Trinajstić information content (AvgIpc) is 3.12. The number of tetrazole rings is 1. The molecule has 1 aromatic carbocycles. The lowest BCUT2D eigenvalue weighted by Crippen LogP contribution is -2.13. The van der Waals surface area contributed by atoms with Crippen molar-refractivity contribution >= 4 is 22.9 Å². The van der Waals surface area contributed by atoms with Crippen molar-refractivity contribution in [3.63, 3.8) is 0 Å². The summed E-state index contributed by atoms with van der Waals surface area (Å²) in [6, 6.07) is 4.99. The number of carbonyl (C=O) groups is 1. The minimum absolute atomic E-state index is 0.00364. The number of thiophene rings is 1. The molecule has 3 aromatic rings. The van der Waals surface area contributed by atoms with Gasteiger partial charge in [-0.2, -0.15) is 4.68 Å². The monoisotopic (exact) mass is 305 g/mol. The highest BCUT2D eigenvalue weighted by atomic mass is 32.1. The summed E-state index contributed by atoms with van der Waals surface area (Å²) in [6.07, 6.45) is 1.36. The van der Waals surface area contributed by atoms with Crippen LogP contribution in [0.5, 0.6) is 5.75 Å². The van der Waals surface area contributed by atoms with Gasteiger partial charge in [-0.1, -0.05) is 0 Å². The number of phenols is 1. The number of aromatic nitrogens is 4. The highest BCUT2D eigenvalue weighted by molar-refractivity contribution is 7.12. The smallest absolute Gasteiger partial charge is 0.268 e. The van der Waals surface area contributed by atoms with E-state index < -0.39 is 11.7 Å². The zero-order valence-corrected chi connectivity index (χ0v) is 11.2. The largest absolute Gasteiger partial charge is 0.506 e. The van der Waals surface area contributed by atoms with Crippen molar-refractivity contribution in [3.05, 3.63) is 46.7 Å². The molecule has 7 nitrogen and oxygen atoms in total. The Balaban J connectivity index is 1.90. The molecular weight excluding hydrogens is 297 g/mol. The zero-order valence-electron chi connectivity index (χ0n) is 10.4. The first kappa shape index (κ1) is 13.2. The molecule has 0 atom stereocenters. The van der Waals surface area contributed by atoms with Crippen molar-refractivity contribution in [2.45, 2.75) is 0 Å². The van der Waals surface area contributed by atoms with Gasteiger partial charge in [0.25, 0.3) is 5.91 Å². The van der Waals surface area contributed by atoms with E-state index in [2.05, 4.69) is 20.8 Å². The highest BCUT2D eigenvalue weighted by Crippen LogP contribution is 2.26. The van der Waals surface area contributed by atoms with Crippen LogP contribution in [0.15, 0.2) is 36.0 Å². The molecule has 9 heteroatoms. The Bertz CT molecular complexity index is 787. The van der Waals surface area contributed by atoms with Crippen LogP contribution in [0, 0.1) is 5.82 Å². The van der Waals surface area contributed by atoms with Gasteiger partial charge in [-0.05, 0) is 34.0 Å². The van der Waals surface area contributed by atoms with Gasteiger partial charge in [0, 0.05) is 6.07 Å². The van der Waals surface area contributed by atoms with E-state index in [1.165, 1.54) is 28.4 Å². The van der Waals surface area contributed by atoms with Gasteiger partial charge in [0.2, 0.25) is 0 Å². The van der Waals surface area contributed by atoms with Crippen molar-refractivity contribution in [3.8, 4) is 11.4 Å². The number of benzene rings is 1. The molecule has 0 bridgehead atoms. The molecule has 21 heavy (non-hydrogen) atoms. The van der Waals surface area contributed by atoms with Crippen LogP contribution in [-0.2, 0) is 0 Å². The third-order valence-electron chi connectivity index (χ3n) is 2.65. The first-order valence-corrected chi connectivity index (χ1v) is 6.64. The summed E-state index contributed by atoms with van der Waals surface area (Å²) in [4.78, 5) is 12.6. The molecule has 0 aliphatic heterocycles. The van der Waals surface area contributed by atoms with Crippen LogP contribution >= 0.6 is 11.3 Å². The van der Waals surface area contributed by atoms with Crippen molar-refractivity contribution in [2.75, 3.05) is 5.32 Å². The molecular formula is C12H8FN5O2S. The standard InChI is InChI=1S/C12H8FN5O2S/c13-7-1-2-10(19)8(5-7)15-12(20)11-9(3-4-21-11)18-6-14-16-17-18/h1-6,19H,(H,15,20). The van der Waals surface area contributed by atoms with Gasteiger partial charge in [0.15, 0.2) is 0 Å². The summed E-state index contributed by atoms with van der Waals surface area (Å²) < 4.78 is 14.5. The molecule has 0 radical (unpaired) electrons. The number of phenolic OH excluding ortho intramolecular Hbond substituents is 1. The lowest BCUT2D eigenvalue weighted by Gasteiger charge is -2.07. The third kappa shape index (κ3) is 2.58. The first-order chi connectivity index (χ1) is 10.1. The van der Waals surface area contributed by atoms with Crippen LogP contribution in [0.25, 0.3) is 5.69 Å². The number of hydrogen-bond donors (Lipinski definition) is 2. The predicted octanol–water partition coefficient (Wildman–Crippen LogP) is 1.82. The van der Waals surface area contributed by atoms with E-state index in [1.807, 2.05) is 0 Å². The van der Waals surface area contributed by atoms with Crippen LogP contribution in [0.1, 0.15) is 9.67 Å². The zero-order chi connectivity index (χ0) is 14.8. The first-order valence-electron chi connectivity index (χ1n) is 5.76. The molecule has 0 saturated carbocycles. The van der Waals surface area contributed by atoms with Crippen LogP contribution in [0.2, 0.25) is 0 Å². The molecule has 0 fully saturated rings. The van der Waals surface area contributed by atoms with Crippen molar-refractivity contribution in [1.82, 2.24) is 20.2 Å². The molecule has 0 saturated heterocycles. The second-order valence-corrected chi connectivity index (χ2v) is 4.92. The molecule has 2 aromatic heterocycles. The quantitative estimate of drug-likeness (QED) is 0.720. The Morgan fingerprint density at radius 2 is 2.24 bits per heavy atom. The van der Waals surface area contributed by atoms with Gasteiger partial charge in [-0.3, -0.25) is 4.79 Å². The average molecular weight is 305 g/mol. The number of anilines is 1. The number of nitrogens with zero attached hydrogens (tertiary/aromatic N) is 4. The highest BCUT2D eigenvalue weighted by Gasteiger charge is 2.17. The molecule has 2 N–H and O–H groups in total. The molecule has 2 heterocycles. The lowest BCUT2D eigenvalue weighted by atomic mass is 10.2. The summed E-state index contributed by atoms with van der Waals surface area (Å²) in [5.41, 5.74) is 0.495. The van der Waals surface area contributed by atoms with E-state index in [1.54, 1.807) is 11.4 Å². The third-order valence-corrected chi connectivity index (χ3v) is 3.56. The Labute approximate surface area is 121 Å². The fraction of sp³-hybridized carbons (Fsp3) is 0. The normalized spacial score (nSPS) is 10.5. The van der Waals surface area contributed by atoms with Gasteiger partial charge in [-0.25, -0.2) is 4.39 Å². The Morgan fingerprint density at radius 3 is 3.00 bits per heavy atom. The van der Waals surface area contributed by atoms with Gasteiger partial charge in [0.1, 0.15) is 22.8 Å². The molecule has 0 unspecified atom stereocenters. The number of nitrogens with one attached hydrogen (secondary N) is 1. The predicted molar refractivity (Wildman–Crippen MR) is 73.0 cm³/mol. The molecule has 3 rings (SSSR count). The van der Waals surface area contributed by atoms with E-state index in [0.29, 0.717) is 10.6 Å². The summed E-state index contributed by atoms with van der Waals surface area (Å²) >= 11 is 1.18. The minimum atomic E-state index is -0.560. The Kier molecular flexibility index (Phi) is 3.32. The molecule has 0 aliphatic carbocycles. The number of carbonyl (C=O) groups excluding carboxylic acids is 1. The maximum atomic E-state index is 13.2. The number of halogens is 1. The number of aromatic hydroxyl groups is 1. The van der Waals surface area contributed by atoms with Crippen LogP contribution in [0.3, 0.4) is 0 Å². The van der Waals surface area contributed by atoms with Gasteiger partial charge in [-0.15, -0.1) is 16.4 Å². The second-order valence-electron chi connectivity index (χ2n) is 4.00. The fourth-order valence-corrected chi connectivity index (χ4v) is 2.49. The Morgan fingerprint density at radius 1 is 1.38 bits per heavy atom. The van der Waals surface area contributed by atoms with Gasteiger partial charge in [0.05, 0.1) is 11.4 Å². The van der Waals surface area contributed by atoms with E-state index in [0.717, 1.165) is 12.1 Å². The summed E-state index contributed by atoms with van der Waals surface area (Å²) in [7, 11) is 0. The summed E-state index contributed by atoms with van der Waals surface area (Å²) in [5.74, 6) is -1.27. The van der Waals surface area contributed by atoms with E-state index >= 15 is 0 Å². The lowest BCUT2D eigenvalue weighted by molar-refractivity contribution is 0.103. The topological polar surface area (TPSA) is 92.9 Å². The van der Waals surface area contributed by atoms with Crippen LogP contribution in [-0.4, -0.2) is 31.2 Å². The van der Waals surface area contributed by atoms with Gasteiger partial charge < -0.3 is 10.4 Å². The van der Waals surface area contributed by atoms with Crippen molar-refractivity contribution in [2.24, 2.45) is 0 Å². The number of rotatable bonds is 3. The minimum Gasteiger partial charge on any atom is -0.506 e. The van der Waals surface area contributed by atoms with Crippen molar-refractivity contribution in [1.29, 1.82) is 0 Å². The van der Waals surface area contributed by atoms with E-state index in [9.17, 15) is 14.3 Å². The van der Waals surface area contributed by atoms with Gasteiger partial charge >= 0.3 is 0 Å². The maximum Gasteiger partial charge on any atom is 0.268 e. The van der Waals surface area contributed by atoms with E-state index in [-0.39, 0.29) is 11.4 Å². The number of hydrogen-bond acceptors (Lipinski definition) is 6. The fourth-order valence-electron chi connectivity index (χ4n) is 1.71. The van der Waals surface area contributed by atoms with Crippen LogP contribution < -0.4 is 5.32 Å². The van der Waals surface area contributed by atoms with Crippen LogP contribution in [0.4, 0.5) is 10.1 Å². The second kappa shape index (κ2) is 5.29. The summed E-state index contributed by atoms with van der Waals surface area (Å²) in [5, 5.41) is 24.5. The molecule has 0 aliphatic rings. The van der Waals surface area contributed by atoms with E-state index in [4.69, 9.17) is 0 Å². The summed E-state index contributed by atoms with van der Waals surface area (Å²) in [6.45, 7) is 0.